The van der Waals surface area contributed by atoms with Gasteiger partial charge in [0.2, 0.25) is 0 Å². The minimum atomic E-state index is -0.227. The number of thiophene rings is 1. The Balaban J connectivity index is 2.49. The lowest BCUT2D eigenvalue weighted by atomic mass is 10.1. The number of hydrogen-bond acceptors (Lipinski definition) is 3. The molecule has 1 aliphatic rings. The van der Waals surface area contributed by atoms with Gasteiger partial charge < -0.3 is 10.1 Å². The first-order valence-corrected chi connectivity index (χ1v) is 5.44. The maximum Gasteiger partial charge on any atom is 0.252 e. The van der Waals surface area contributed by atoms with Crippen molar-refractivity contribution in [2.45, 2.75) is 19.3 Å². The van der Waals surface area contributed by atoms with Crippen LogP contribution in [-0.4, -0.2) is 10.1 Å². The van der Waals surface area contributed by atoms with Gasteiger partial charge >= 0.3 is 0 Å². The van der Waals surface area contributed by atoms with E-state index in [1.54, 1.807) is 11.3 Å². The van der Waals surface area contributed by atoms with E-state index in [1.165, 1.54) is 16.5 Å². The Morgan fingerprint density at radius 3 is 3.14 bits per heavy atom. The van der Waals surface area contributed by atoms with Crippen LogP contribution >= 0.6 is 11.3 Å². The van der Waals surface area contributed by atoms with Crippen molar-refractivity contribution in [3.8, 4) is 5.75 Å². The van der Waals surface area contributed by atoms with Crippen molar-refractivity contribution < 1.29 is 5.11 Å². The molecule has 3 rings (SSSR count). The lowest BCUT2D eigenvalue weighted by Crippen LogP contribution is -2.01. The number of aromatic amines is 1. The highest BCUT2D eigenvalue weighted by Crippen LogP contribution is 2.39. The molecule has 0 amide bonds. The van der Waals surface area contributed by atoms with Crippen LogP contribution in [0, 0.1) is 0 Å². The largest absolute Gasteiger partial charge is 0.507 e. The molecule has 0 atom stereocenters. The Hall–Kier alpha value is -1.29. The lowest BCUT2D eigenvalue weighted by molar-refractivity contribution is 0.480. The Bertz CT molecular complexity index is 567. The molecule has 0 saturated carbocycles. The SMILES string of the molecule is O=c1cc(O)c2c3c(sc2[nH]1)CCC3. The van der Waals surface area contributed by atoms with Gasteiger partial charge in [-0.3, -0.25) is 4.79 Å². The molecule has 4 heteroatoms. The van der Waals surface area contributed by atoms with Crippen molar-refractivity contribution in [2.75, 3.05) is 0 Å². The quantitative estimate of drug-likeness (QED) is 0.692. The first-order chi connectivity index (χ1) is 6.75. The summed E-state index contributed by atoms with van der Waals surface area (Å²) in [4.78, 5) is 16.0. The zero-order chi connectivity index (χ0) is 9.71. The smallest absolute Gasteiger partial charge is 0.252 e. The average molecular weight is 207 g/mol. The summed E-state index contributed by atoms with van der Waals surface area (Å²) >= 11 is 1.60. The second-order valence-electron chi connectivity index (χ2n) is 3.58. The second-order valence-corrected chi connectivity index (χ2v) is 4.69. The van der Waals surface area contributed by atoms with Crippen LogP contribution in [0.3, 0.4) is 0 Å². The molecule has 3 nitrogen and oxygen atoms in total. The summed E-state index contributed by atoms with van der Waals surface area (Å²) in [7, 11) is 0. The molecule has 1 aliphatic carbocycles. The van der Waals surface area contributed by atoms with Crippen LogP contribution in [0.5, 0.6) is 5.75 Å². The summed E-state index contributed by atoms with van der Waals surface area (Å²) < 4.78 is 0. The zero-order valence-corrected chi connectivity index (χ0v) is 8.28. The van der Waals surface area contributed by atoms with Crippen molar-refractivity contribution in [1.82, 2.24) is 4.98 Å². The fourth-order valence-electron chi connectivity index (χ4n) is 2.11. The molecule has 0 aliphatic heterocycles. The molecule has 72 valence electrons. The number of H-pyrrole nitrogens is 1. The van der Waals surface area contributed by atoms with Crippen LogP contribution in [0.2, 0.25) is 0 Å². The maximum atomic E-state index is 11.1. The minimum Gasteiger partial charge on any atom is -0.507 e. The van der Waals surface area contributed by atoms with Crippen LogP contribution in [0.4, 0.5) is 0 Å². The van der Waals surface area contributed by atoms with Crippen molar-refractivity contribution in [3.63, 3.8) is 0 Å². The predicted molar refractivity (Wildman–Crippen MR) is 56.1 cm³/mol. The monoisotopic (exact) mass is 207 g/mol. The van der Waals surface area contributed by atoms with Gasteiger partial charge in [-0.25, -0.2) is 0 Å². The highest BCUT2D eigenvalue weighted by atomic mass is 32.1. The van der Waals surface area contributed by atoms with E-state index in [-0.39, 0.29) is 11.3 Å². The molecule has 0 radical (unpaired) electrons. The predicted octanol–water partition coefficient (Wildman–Crippen LogP) is 1.78. The van der Waals surface area contributed by atoms with Gasteiger partial charge in [0.05, 0.1) is 5.39 Å². The Morgan fingerprint density at radius 2 is 2.29 bits per heavy atom. The van der Waals surface area contributed by atoms with Crippen molar-refractivity contribution in [1.29, 1.82) is 0 Å². The number of pyridine rings is 1. The molecule has 2 aromatic heterocycles. The highest BCUT2D eigenvalue weighted by Gasteiger charge is 2.20. The van der Waals surface area contributed by atoms with E-state index in [4.69, 9.17) is 0 Å². The number of nitrogens with one attached hydrogen (secondary N) is 1. The van der Waals surface area contributed by atoms with Crippen LogP contribution < -0.4 is 5.56 Å². The number of aromatic hydroxyl groups is 1. The minimum absolute atomic E-state index is 0.128. The Morgan fingerprint density at radius 1 is 1.43 bits per heavy atom. The third-order valence-corrected chi connectivity index (χ3v) is 3.89. The normalized spacial score (nSPS) is 14.9. The van der Waals surface area contributed by atoms with Crippen LogP contribution in [0.1, 0.15) is 16.9 Å². The van der Waals surface area contributed by atoms with E-state index < -0.39 is 0 Å². The number of aryl methyl sites for hydroxylation is 2. The van der Waals surface area contributed by atoms with Gasteiger partial charge in [0.15, 0.2) is 0 Å². The Labute approximate surface area is 84.0 Å². The third kappa shape index (κ3) is 0.944. The molecule has 2 aromatic rings. The summed E-state index contributed by atoms with van der Waals surface area (Å²) in [6.07, 6.45) is 3.26. The molecule has 0 bridgehead atoms. The van der Waals surface area contributed by atoms with Crippen LogP contribution in [-0.2, 0) is 12.8 Å². The number of aromatic nitrogens is 1. The van der Waals surface area contributed by atoms with Gasteiger partial charge in [0.25, 0.3) is 5.56 Å². The average Bonchev–Trinajstić information content (AvgIpc) is 2.60. The number of fused-ring (bicyclic) bond motifs is 3. The topological polar surface area (TPSA) is 53.1 Å². The maximum absolute atomic E-state index is 11.1. The van der Waals surface area contributed by atoms with Crippen LogP contribution in [0.15, 0.2) is 10.9 Å². The summed E-state index contributed by atoms with van der Waals surface area (Å²) in [5.41, 5.74) is 1.01. The molecule has 2 N–H and O–H groups in total. The van der Waals surface area contributed by atoms with Gasteiger partial charge in [-0.2, -0.15) is 0 Å². The van der Waals surface area contributed by atoms with E-state index in [0.717, 1.165) is 29.5 Å². The van der Waals surface area contributed by atoms with E-state index in [2.05, 4.69) is 4.98 Å². The molecule has 0 spiro atoms. The van der Waals surface area contributed by atoms with E-state index >= 15 is 0 Å². The summed E-state index contributed by atoms with van der Waals surface area (Å²) in [6, 6.07) is 1.26. The number of rotatable bonds is 0. The van der Waals surface area contributed by atoms with Crippen molar-refractivity contribution >= 4 is 21.6 Å². The molecule has 0 unspecified atom stereocenters. The molecular weight excluding hydrogens is 198 g/mol. The van der Waals surface area contributed by atoms with Gasteiger partial charge in [0, 0.05) is 10.9 Å². The summed E-state index contributed by atoms with van der Waals surface area (Å²) in [5, 5.41) is 10.6. The summed E-state index contributed by atoms with van der Waals surface area (Å²) in [6.45, 7) is 0. The molecule has 0 fully saturated rings. The molecule has 0 aromatic carbocycles. The first-order valence-electron chi connectivity index (χ1n) is 4.62. The highest BCUT2D eigenvalue weighted by molar-refractivity contribution is 7.18. The van der Waals surface area contributed by atoms with Crippen molar-refractivity contribution in [3.05, 3.63) is 26.9 Å². The second kappa shape index (κ2) is 2.60. The van der Waals surface area contributed by atoms with Crippen molar-refractivity contribution in [2.24, 2.45) is 0 Å². The van der Waals surface area contributed by atoms with Gasteiger partial charge in [0.1, 0.15) is 10.6 Å². The molecule has 2 heterocycles. The zero-order valence-electron chi connectivity index (χ0n) is 7.46. The van der Waals surface area contributed by atoms with E-state index in [1.807, 2.05) is 0 Å². The third-order valence-electron chi connectivity index (χ3n) is 2.68. The Kier molecular flexibility index (Phi) is 1.50. The fourth-order valence-corrected chi connectivity index (χ4v) is 3.41. The van der Waals surface area contributed by atoms with E-state index in [9.17, 15) is 9.90 Å². The van der Waals surface area contributed by atoms with Gasteiger partial charge in [-0.1, -0.05) is 0 Å². The molecule has 0 saturated heterocycles. The van der Waals surface area contributed by atoms with E-state index in [0.29, 0.717) is 0 Å². The van der Waals surface area contributed by atoms with Crippen LogP contribution in [0.25, 0.3) is 10.2 Å². The van der Waals surface area contributed by atoms with Gasteiger partial charge in [-0.05, 0) is 24.8 Å². The standard InChI is InChI=1S/C10H9NO2S/c12-6-4-8(13)11-10-9(6)5-2-1-3-7(5)14-10/h4H,1-3H2,(H2,11,12,13). The number of hydrogen-bond donors (Lipinski definition) is 2. The molecular formula is C10H9NO2S. The molecule has 14 heavy (non-hydrogen) atoms. The van der Waals surface area contributed by atoms with Gasteiger partial charge in [-0.15, -0.1) is 11.3 Å². The first kappa shape index (κ1) is 8.05. The summed E-state index contributed by atoms with van der Waals surface area (Å²) in [5.74, 6) is 0.128. The fraction of sp³-hybridized carbons (Fsp3) is 0.300. The lowest BCUT2D eigenvalue weighted by Gasteiger charge is -1.96.